The summed E-state index contributed by atoms with van der Waals surface area (Å²) in [5.74, 6) is 1.80. The quantitative estimate of drug-likeness (QED) is 0.853. The zero-order chi connectivity index (χ0) is 14.8. The molecule has 0 radical (unpaired) electrons. The first-order valence-electron chi connectivity index (χ1n) is 7.19. The number of anilines is 2. The fourth-order valence-corrected chi connectivity index (χ4v) is 2.65. The van der Waals surface area contributed by atoms with Crippen molar-refractivity contribution in [3.05, 3.63) is 36.0 Å². The van der Waals surface area contributed by atoms with Gasteiger partial charge >= 0.3 is 0 Å². The molecule has 1 aliphatic rings. The zero-order valence-electron chi connectivity index (χ0n) is 12.7. The van der Waals surface area contributed by atoms with Crippen molar-refractivity contribution in [2.75, 3.05) is 29.9 Å². The molecule has 0 aliphatic carbocycles. The van der Waals surface area contributed by atoms with E-state index in [1.807, 2.05) is 32.2 Å². The highest BCUT2D eigenvalue weighted by Crippen LogP contribution is 2.22. The number of hydrogen-bond acceptors (Lipinski definition) is 6. The van der Waals surface area contributed by atoms with Gasteiger partial charge < -0.3 is 9.80 Å². The zero-order valence-corrected chi connectivity index (χ0v) is 12.7. The van der Waals surface area contributed by atoms with Crippen LogP contribution in [0, 0.1) is 13.8 Å². The molecule has 0 spiro atoms. The van der Waals surface area contributed by atoms with Crippen molar-refractivity contribution in [3.63, 3.8) is 0 Å². The standard InChI is InChI=1S/C15H20N6/c1-11-4-6-16-15(19-11)20(3)13-5-7-21(9-13)14-8-12(2)17-10-18-14/h4,6,8,10,13H,5,7,9H2,1-3H3. The smallest absolute Gasteiger partial charge is 0.225 e. The molecule has 6 nitrogen and oxygen atoms in total. The van der Waals surface area contributed by atoms with E-state index in [2.05, 4.69) is 36.8 Å². The maximum absolute atomic E-state index is 4.50. The van der Waals surface area contributed by atoms with Crippen LogP contribution in [0.2, 0.25) is 0 Å². The van der Waals surface area contributed by atoms with Crippen LogP contribution in [0.3, 0.4) is 0 Å². The summed E-state index contributed by atoms with van der Waals surface area (Å²) in [4.78, 5) is 21.9. The van der Waals surface area contributed by atoms with E-state index in [-0.39, 0.29) is 0 Å². The molecule has 1 saturated heterocycles. The average Bonchev–Trinajstić information content (AvgIpc) is 2.96. The molecule has 0 saturated carbocycles. The monoisotopic (exact) mass is 284 g/mol. The summed E-state index contributed by atoms with van der Waals surface area (Å²) < 4.78 is 0. The SMILES string of the molecule is Cc1cc(N2CCC(N(C)c3nccc(C)n3)C2)ncn1. The third kappa shape index (κ3) is 2.94. The molecule has 1 aliphatic heterocycles. The summed E-state index contributed by atoms with van der Waals surface area (Å²) >= 11 is 0. The molecule has 1 fully saturated rings. The Hall–Kier alpha value is -2.24. The fourth-order valence-electron chi connectivity index (χ4n) is 2.65. The summed E-state index contributed by atoms with van der Waals surface area (Å²) in [6, 6.07) is 4.36. The molecule has 0 amide bonds. The van der Waals surface area contributed by atoms with Crippen molar-refractivity contribution in [2.24, 2.45) is 0 Å². The van der Waals surface area contributed by atoms with Gasteiger partial charge in [0.15, 0.2) is 0 Å². The molecule has 0 aromatic carbocycles. The van der Waals surface area contributed by atoms with Crippen LogP contribution in [0.5, 0.6) is 0 Å². The lowest BCUT2D eigenvalue weighted by Crippen LogP contribution is -2.35. The van der Waals surface area contributed by atoms with Crippen LogP contribution >= 0.6 is 0 Å². The van der Waals surface area contributed by atoms with Gasteiger partial charge in [-0.05, 0) is 26.3 Å². The molecule has 2 aromatic rings. The molecule has 2 aromatic heterocycles. The van der Waals surface area contributed by atoms with E-state index in [4.69, 9.17) is 0 Å². The molecule has 21 heavy (non-hydrogen) atoms. The highest BCUT2D eigenvalue weighted by molar-refractivity contribution is 5.42. The number of aryl methyl sites for hydroxylation is 2. The van der Waals surface area contributed by atoms with Crippen molar-refractivity contribution < 1.29 is 0 Å². The van der Waals surface area contributed by atoms with E-state index >= 15 is 0 Å². The maximum Gasteiger partial charge on any atom is 0.225 e. The van der Waals surface area contributed by atoms with E-state index in [1.165, 1.54) is 0 Å². The van der Waals surface area contributed by atoms with E-state index in [1.54, 1.807) is 6.33 Å². The van der Waals surface area contributed by atoms with Crippen LogP contribution in [0.1, 0.15) is 17.8 Å². The molecule has 3 rings (SSSR count). The van der Waals surface area contributed by atoms with Gasteiger partial charge in [0.05, 0.1) is 6.04 Å². The molecule has 1 atom stereocenters. The lowest BCUT2D eigenvalue weighted by atomic mass is 10.2. The first kappa shape index (κ1) is 13.7. The normalized spacial score (nSPS) is 18.0. The number of nitrogens with zero attached hydrogens (tertiary/aromatic N) is 6. The van der Waals surface area contributed by atoms with Gasteiger partial charge in [-0.3, -0.25) is 0 Å². The van der Waals surface area contributed by atoms with Crippen LogP contribution in [-0.2, 0) is 0 Å². The van der Waals surface area contributed by atoms with Crippen LogP contribution in [-0.4, -0.2) is 46.1 Å². The third-order valence-corrected chi connectivity index (χ3v) is 3.92. The number of rotatable bonds is 3. The van der Waals surface area contributed by atoms with Crippen molar-refractivity contribution in [3.8, 4) is 0 Å². The molecule has 3 heterocycles. The van der Waals surface area contributed by atoms with Gasteiger partial charge in [0.1, 0.15) is 12.1 Å². The van der Waals surface area contributed by atoms with Gasteiger partial charge in [-0.15, -0.1) is 0 Å². The lowest BCUT2D eigenvalue weighted by molar-refractivity contribution is 0.672. The Labute approximate surface area is 124 Å². The Balaban J connectivity index is 1.72. The molecule has 0 N–H and O–H groups in total. The molecular formula is C15H20N6. The minimum absolute atomic E-state index is 0.405. The van der Waals surface area contributed by atoms with Crippen LogP contribution in [0.4, 0.5) is 11.8 Å². The second-order valence-corrected chi connectivity index (χ2v) is 5.52. The van der Waals surface area contributed by atoms with E-state index in [0.29, 0.717) is 6.04 Å². The first-order chi connectivity index (χ1) is 10.1. The number of aromatic nitrogens is 4. The van der Waals surface area contributed by atoms with Gasteiger partial charge in [-0.1, -0.05) is 0 Å². The predicted molar refractivity (Wildman–Crippen MR) is 82.6 cm³/mol. The van der Waals surface area contributed by atoms with Crippen LogP contribution in [0.25, 0.3) is 0 Å². The molecular weight excluding hydrogens is 264 g/mol. The fraction of sp³-hybridized carbons (Fsp3) is 0.467. The molecule has 6 heteroatoms. The summed E-state index contributed by atoms with van der Waals surface area (Å²) in [5.41, 5.74) is 1.99. The van der Waals surface area contributed by atoms with E-state index in [9.17, 15) is 0 Å². The van der Waals surface area contributed by atoms with Crippen LogP contribution < -0.4 is 9.80 Å². The highest BCUT2D eigenvalue weighted by atomic mass is 15.3. The lowest BCUT2D eigenvalue weighted by Gasteiger charge is -2.25. The summed E-state index contributed by atoms with van der Waals surface area (Å²) in [6.07, 6.45) is 4.52. The van der Waals surface area contributed by atoms with Crippen molar-refractivity contribution in [1.29, 1.82) is 0 Å². The number of likely N-dealkylation sites (N-methyl/N-ethyl adjacent to an activating group) is 1. The Morgan fingerprint density at radius 2 is 2.05 bits per heavy atom. The van der Waals surface area contributed by atoms with Gasteiger partial charge in [0, 0.05) is 43.8 Å². The van der Waals surface area contributed by atoms with Gasteiger partial charge in [0.25, 0.3) is 0 Å². The van der Waals surface area contributed by atoms with Crippen molar-refractivity contribution >= 4 is 11.8 Å². The predicted octanol–water partition coefficient (Wildman–Crippen LogP) is 1.60. The second kappa shape index (κ2) is 5.63. The van der Waals surface area contributed by atoms with Gasteiger partial charge in [-0.25, -0.2) is 19.9 Å². The second-order valence-electron chi connectivity index (χ2n) is 5.52. The summed E-state index contributed by atoms with van der Waals surface area (Å²) in [6.45, 7) is 5.91. The van der Waals surface area contributed by atoms with Gasteiger partial charge in [0.2, 0.25) is 5.95 Å². The third-order valence-electron chi connectivity index (χ3n) is 3.92. The Morgan fingerprint density at radius 1 is 1.19 bits per heavy atom. The number of hydrogen-bond donors (Lipinski definition) is 0. The highest BCUT2D eigenvalue weighted by Gasteiger charge is 2.28. The molecule has 0 bridgehead atoms. The largest absolute Gasteiger partial charge is 0.354 e. The van der Waals surface area contributed by atoms with E-state index < -0.39 is 0 Å². The van der Waals surface area contributed by atoms with Crippen LogP contribution in [0.15, 0.2) is 24.7 Å². The minimum atomic E-state index is 0.405. The van der Waals surface area contributed by atoms with Crippen molar-refractivity contribution in [2.45, 2.75) is 26.3 Å². The minimum Gasteiger partial charge on any atom is -0.354 e. The maximum atomic E-state index is 4.50. The Bertz CT molecular complexity index is 629. The summed E-state index contributed by atoms with van der Waals surface area (Å²) in [7, 11) is 2.06. The first-order valence-corrected chi connectivity index (χ1v) is 7.19. The van der Waals surface area contributed by atoms with Crippen molar-refractivity contribution in [1.82, 2.24) is 19.9 Å². The van der Waals surface area contributed by atoms with E-state index in [0.717, 1.165) is 42.7 Å². The topological polar surface area (TPSA) is 58.0 Å². The molecule has 1 unspecified atom stereocenters. The Kier molecular flexibility index (Phi) is 3.68. The Morgan fingerprint density at radius 3 is 2.81 bits per heavy atom. The average molecular weight is 284 g/mol. The van der Waals surface area contributed by atoms with Gasteiger partial charge in [-0.2, -0.15) is 0 Å². The molecule has 110 valence electrons. The summed E-state index contributed by atoms with van der Waals surface area (Å²) in [5, 5.41) is 0.